The number of nitriles is 1. The van der Waals surface area contributed by atoms with E-state index in [-0.39, 0.29) is 0 Å². The van der Waals surface area contributed by atoms with Crippen molar-refractivity contribution in [2.75, 3.05) is 5.32 Å². The topological polar surface area (TPSA) is 61.8 Å². The summed E-state index contributed by atoms with van der Waals surface area (Å²) in [4.78, 5) is 0. The number of hydrogen-bond donors (Lipinski definition) is 2. The van der Waals surface area contributed by atoms with Gasteiger partial charge in [-0.1, -0.05) is 11.6 Å². The highest BCUT2D eigenvalue weighted by atomic mass is 35.5. The third-order valence-corrected chi connectivity index (χ3v) is 3.47. The van der Waals surface area contributed by atoms with E-state index in [4.69, 9.17) is 22.6 Å². The zero-order chi connectivity index (χ0) is 12.3. The molecule has 1 aromatic rings. The molecule has 0 heterocycles. The van der Waals surface area contributed by atoms with Crippen LogP contribution in [0.15, 0.2) is 18.2 Å². The van der Waals surface area contributed by atoms with Gasteiger partial charge in [0.2, 0.25) is 0 Å². The van der Waals surface area contributed by atoms with E-state index in [9.17, 15) is 0 Å². The standard InChI is InChI=1S/C13H16ClN3/c14-10-1-6-13(9(7-10)8-15)17-12-4-2-11(16)3-5-12/h1,6-7,11-12,17H,2-5,16H2. The predicted octanol–water partition coefficient (Wildman–Crippen LogP) is 2.89. The summed E-state index contributed by atoms with van der Waals surface area (Å²) in [6, 6.07) is 8.29. The van der Waals surface area contributed by atoms with Gasteiger partial charge in [0.25, 0.3) is 0 Å². The van der Waals surface area contributed by atoms with Crippen molar-refractivity contribution >= 4 is 17.3 Å². The summed E-state index contributed by atoms with van der Waals surface area (Å²) >= 11 is 5.86. The zero-order valence-corrected chi connectivity index (χ0v) is 10.4. The Kier molecular flexibility index (Phi) is 3.88. The van der Waals surface area contributed by atoms with Gasteiger partial charge >= 0.3 is 0 Å². The van der Waals surface area contributed by atoms with E-state index in [1.807, 2.05) is 6.07 Å². The summed E-state index contributed by atoms with van der Waals surface area (Å²) < 4.78 is 0. The van der Waals surface area contributed by atoms with Gasteiger partial charge in [-0.2, -0.15) is 5.26 Å². The number of benzene rings is 1. The predicted molar refractivity (Wildman–Crippen MR) is 70.0 cm³/mol. The molecule has 0 spiro atoms. The van der Waals surface area contributed by atoms with Gasteiger partial charge in [-0.15, -0.1) is 0 Å². The molecule has 90 valence electrons. The Bertz CT molecular complexity index is 431. The molecule has 0 bridgehead atoms. The van der Waals surface area contributed by atoms with Crippen molar-refractivity contribution in [2.24, 2.45) is 5.73 Å². The quantitative estimate of drug-likeness (QED) is 0.847. The van der Waals surface area contributed by atoms with Crippen molar-refractivity contribution in [3.63, 3.8) is 0 Å². The fraction of sp³-hybridized carbons (Fsp3) is 0.462. The van der Waals surface area contributed by atoms with Crippen LogP contribution < -0.4 is 11.1 Å². The van der Waals surface area contributed by atoms with Crippen LogP contribution in [0.5, 0.6) is 0 Å². The number of nitrogens with two attached hydrogens (primary N) is 1. The largest absolute Gasteiger partial charge is 0.381 e. The third kappa shape index (κ3) is 3.12. The molecule has 0 radical (unpaired) electrons. The monoisotopic (exact) mass is 249 g/mol. The van der Waals surface area contributed by atoms with Crippen LogP contribution >= 0.6 is 11.6 Å². The van der Waals surface area contributed by atoms with Crippen LogP contribution in [0.2, 0.25) is 5.02 Å². The molecule has 4 heteroatoms. The lowest BCUT2D eigenvalue weighted by atomic mass is 9.91. The highest BCUT2D eigenvalue weighted by Crippen LogP contribution is 2.25. The molecule has 1 aliphatic rings. The van der Waals surface area contributed by atoms with Crippen molar-refractivity contribution in [1.29, 1.82) is 5.26 Å². The average Bonchev–Trinajstić information content (AvgIpc) is 2.34. The second-order valence-electron chi connectivity index (χ2n) is 4.56. The first-order chi connectivity index (χ1) is 8.19. The fourth-order valence-corrected chi connectivity index (χ4v) is 2.39. The first-order valence-corrected chi connectivity index (χ1v) is 6.28. The van der Waals surface area contributed by atoms with E-state index in [1.54, 1.807) is 12.1 Å². The molecule has 2 rings (SSSR count). The second-order valence-corrected chi connectivity index (χ2v) is 4.99. The van der Waals surface area contributed by atoms with Crippen molar-refractivity contribution in [1.82, 2.24) is 0 Å². The molecule has 1 aliphatic carbocycles. The minimum atomic E-state index is 0.341. The van der Waals surface area contributed by atoms with Crippen molar-refractivity contribution < 1.29 is 0 Å². The molecule has 0 saturated heterocycles. The number of halogens is 1. The number of nitrogens with one attached hydrogen (secondary N) is 1. The number of hydrogen-bond acceptors (Lipinski definition) is 3. The number of rotatable bonds is 2. The summed E-state index contributed by atoms with van der Waals surface area (Å²) in [7, 11) is 0. The first kappa shape index (κ1) is 12.2. The molecule has 1 saturated carbocycles. The van der Waals surface area contributed by atoms with E-state index in [0.717, 1.165) is 31.4 Å². The first-order valence-electron chi connectivity index (χ1n) is 5.91. The van der Waals surface area contributed by atoms with Gasteiger partial charge in [0.1, 0.15) is 6.07 Å². The van der Waals surface area contributed by atoms with Crippen LogP contribution in [0.25, 0.3) is 0 Å². The summed E-state index contributed by atoms with van der Waals surface area (Å²) in [6.45, 7) is 0. The van der Waals surface area contributed by atoms with E-state index >= 15 is 0 Å². The Morgan fingerprint density at radius 3 is 2.65 bits per heavy atom. The fourth-order valence-electron chi connectivity index (χ4n) is 2.22. The van der Waals surface area contributed by atoms with Crippen molar-refractivity contribution in [2.45, 2.75) is 37.8 Å². The maximum absolute atomic E-state index is 9.05. The molecule has 3 nitrogen and oxygen atoms in total. The van der Waals surface area contributed by atoms with Crippen LogP contribution in [0.1, 0.15) is 31.2 Å². The van der Waals surface area contributed by atoms with Gasteiger partial charge in [-0.25, -0.2) is 0 Å². The Balaban J connectivity index is 2.06. The lowest BCUT2D eigenvalue weighted by molar-refractivity contribution is 0.411. The normalized spacial score (nSPS) is 24.1. The molecule has 0 amide bonds. The minimum absolute atomic E-state index is 0.341. The summed E-state index contributed by atoms with van der Waals surface area (Å²) in [6.07, 6.45) is 4.23. The molecule has 3 N–H and O–H groups in total. The Morgan fingerprint density at radius 2 is 2.00 bits per heavy atom. The molecule has 1 fully saturated rings. The van der Waals surface area contributed by atoms with Crippen molar-refractivity contribution in [3.8, 4) is 6.07 Å². The van der Waals surface area contributed by atoms with Crippen LogP contribution in [0.4, 0.5) is 5.69 Å². The lowest BCUT2D eigenvalue weighted by Gasteiger charge is -2.27. The summed E-state index contributed by atoms with van der Waals surface area (Å²) in [5, 5.41) is 13.1. The van der Waals surface area contributed by atoms with E-state index in [2.05, 4.69) is 11.4 Å². The molecular formula is C13H16ClN3. The molecular weight excluding hydrogens is 234 g/mol. The molecule has 17 heavy (non-hydrogen) atoms. The van der Waals surface area contributed by atoms with Gasteiger partial charge in [-0.05, 0) is 43.9 Å². The Morgan fingerprint density at radius 1 is 1.29 bits per heavy atom. The van der Waals surface area contributed by atoms with E-state index in [1.165, 1.54) is 0 Å². The average molecular weight is 250 g/mol. The van der Waals surface area contributed by atoms with Crippen LogP contribution in [-0.2, 0) is 0 Å². The van der Waals surface area contributed by atoms with Gasteiger partial charge in [0, 0.05) is 17.1 Å². The van der Waals surface area contributed by atoms with Crippen LogP contribution in [0.3, 0.4) is 0 Å². The maximum Gasteiger partial charge on any atom is 0.101 e. The second kappa shape index (κ2) is 5.39. The SMILES string of the molecule is N#Cc1cc(Cl)ccc1NC1CCC(N)CC1. The Hall–Kier alpha value is -1.24. The zero-order valence-electron chi connectivity index (χ0n) is 9.62. The molecule has 1 aromatic carbocycles. The summed E-state index contributed by atoms with van der Waals surface area (Å²) in [5.41, 5.74) is 7.35. The third-order valence-electron chi connectivity index (χ3n) is 3.23. The highest BCUT2D eigenvalue weighted by molar-refractivity contribution is 6.30. The molecule has 0 aliphatic heterocycles. The number of anilines is 1. The van der Waals surface area contributed by atoms with E-state index < -0.39 is 0 Å². The smallest absolute Gasteiger partial charge is 0.101 e. The van der Waals surface area contributed by atoms with E-state index in [0.29, 0.717) is 22.7 Å². The van der Waals surface area contributed by atoms with Crippen LogP contribution in [0, 0.1) is 11.3 Å². The lowest BCUT2D eigenvalue weighted by Crippen LogP contribution is -2.32. The molecule has 0 aromatic heterocycles. The van der Waals surface area contributed by atoms with Gasteiger partial charge in [0.05, 0.1) is 11.3 Å². The molecule has 0 unspecified atom stereocenters. The Labute approximate surface area is 107 Å². The van der Waals surface area contributed by atoms with Crippen molar-refractivity contribution in [3.05, 3.63) is 28.8 Å². The van der Waals surface area contributed by atoms with Gasteiger partial charge in [0.15, 0.2) is 0 Å². The minimum Gasteiger partial charge on any atom is -0.381 e. The maximum atomic E-state index is 9.05. The van der Waals surface area contributed by atoms with Crippen LogP contribution in [-0.4, -0.2) is 12.1 Å². The van der Waals surface area contributed by atoms with Gasteiger partial charge in [-0.3, -0.25) is 0 Å². The van der Waals surface area contributed by atoms with Gasteiger partial charge < -0.3 is 11.1 Å². The highest BCUT2D eigenvalue weighted by Gasteiger charge is 2.18. The molecule has 0 atom stereocenters. The number of nitrogens with zero attached hydrogens (tertiary/aromatic N) is 1. The summed E-state index contributed by atoms with van der Waals surface area (Å²) in [5.74, 6) is 0.